The topological polar surface area (TPSA) is 64.3 Å². The van der Waals surface area contributed by atoms with E-state index in [1.165, 1.54) is 6.92 Å². The van der Waals surface area contributed by atoms with E-state index in [2.05, 4.69) is 21.2 Å². The molecule has 1 rings (SSSR count). The molecular formula is C13H19BrN2O2. The van der Waals surface area contributed by atoms with Gasteiger partial charge in [0, 0.05) is 16.9 Å². The number of halogens is 1. The smallest absolute Gasteiger partial charge is 0.221 e. The minimum atomic E-state index is -0.373. The number of nitrogens with two attached hydrogens (primary N) is 1. The summed E-state index contributed by atoms with van der Waals surface area (Å²) in [5, 5.41) is 2.81. The second-order valence-corrected chi connectivity index (χ2v) is 5.80. The summed E-state index contributed by atoms with van der Waals surface area (Å²) < 4.78 is 6.19. The molecule has 1 amide bonds. The zero-order chi connectivity index (χ0) is 13.9. The quantitative estimate of drug-likeness (QED) is 0.898. The Morgan fingerprint density at radius 3 is 2.56 bits per heavy atom. The predicted octanol–water partition coefficient (Wildman–Crippen LogP) is 2.70. The van der Waals surface area contributed by atoms with Crippen LogP contribution < -0.4 is 15.8 Å². The predicted molar refractivity (Wildman–Crippen MR) is 77.0 cm³/mol. The molecule has 0 aliphatic rings. The summed E-state index contributed by atoms with van der Waals surface area (Å²) in [6.45, 7) is 5.35. The molecule has 0 fully saturated rings. The molecule has 0 unspecified atom stereocenters. The molecule has 18 heavy (non-hydrogen) atoms. The second kappa shape index (κ2) is 5.71. The first-order chi connectivity index (χ1) is 8.24. The first kappa shape index (κ1) is 15.0. The van der Waals surface area contributed by atoms with Crippen LogP contribution >= 0.6 is 15.9 Å². The first-order valence-corrected chi connectivity index (χ1v) is 6.45. The van der Waals surface area contributed by atoms with Crippen molar-refractivity contribution in [2.24, 2.45) is 5.73 Å². The lowest BCUT2D eigenvalue weighted by Gasteiger charge is -2.23. The highest BCUT2D eigenvalue weighted by atomic mass is 79.9. The summed E-state index contributed by atoms with van der Waals surface area (Å²) in [7, 11) is 1.58. The summed E-state index contributed by atoms with van der Waals surface area (Å²) >= 11 is 3.49. The normalized spacial score (nSPS) is 11.2. The number of methoxy groups -OCH3 is 1. The molecule has 0 atom stereocenters. The van der Waals surface area contributed by atoms with Crippen LogP contribution in [0.25, 0.3) is 0 Å². The molecule has 0 aromatic heterocycles. The lowest BCUT2D eigenvalue weighted by molar-refractivity contribution is -0.114. The molecule has 0 saturated heterocycles. The van der Waals surface area contributed by atoms with E-state index in [0.717, 1.165) is 10.0 Å². The molecule has 1 aromatic carbocycles. The first-order valence-electron chi connectivity index (χ1n) is 5.66. The summed E-state index contributed by atoms with van der Waals surface area (Å²) in [6, 6.07) is 3.70. The van der Waals surface area contributed by atoms with Gasteiger partial charge in [-0.15, -0.1) is 0 Å². The van der Waals surface area contributed by atoms with Gasteiger partial charge in [0.25, 0.3) is 0 Å². The third-order valence-electron chi connectivity index (χ3n) is 2.37. The van der Waals surface area contributed by atoms with Crippen molar-refractivity contribution in [3.8, 4) is 5.75 Å². The zero-order valence-electron chi connectivity index (χ0n) is 11.1. The largest absolute Gasteiger partial charge is 0.495 e. The summed E-state index contributed by atoms with van der Waals surface area (Å²) in [4.78, 5) is 11.3. The van der Waals surface area contributed by atoms with Crippen molar-refractivity contribution < 1.29 is 9.53 Å². The standard InChI is InChI=1S/C13H19BrN2O2/c1-8(17)16-12-9(7-13(2,3)15)10(14)5-6-11(12)18-4/h5-6H,7,15H2,1-4H3,(H,16,17). The number of nitrogens with one attached hydrogen (secondary N) is 1. The number of amides is 1. The van der Waals surface area contributed by atoms with Crippen molar-refractivity contribution in [3.63, 3.8) is 0 Å². The van der Waals surface area contributed by atoms with Crippen LogP contribution in [0, 0.1) is 0 Å². The van der Waals surface area contributed by atoms with E-state index in [-0.39, 0.29) is 11.4 Å². The van der Waals surface area contributed by atoms with Crippen molar-refractivity contribution >= 4 is 27.5 Å². The van der Waals surface area contributed by atoms with Gasteiger partial charge in [-0.2, -0.15) is 0 Å². The lowest BCUT2D eigenvalue weighted by atomic mass is 9.94. The number of hydrogen-bond donors (Lipinski definition) is 2. The Bertz CT molecular complexity index is 453. The Morgan fingerprint density at radius 1 is 1.50 bits per heavy atom. The molecule has 5 heteroatoms. The second-order valence-electron chi connectivity index (χ2n) is 4.95. The Labute approximate surface area is 116 Å². The molecule has 0 spiro atoms. The molecule has 0 aliphatic heterocycles. The summed E-state index contributed by atoms with van der Waals surface area (Å²) in [5.41, 5.74) is 7.30. The van der Waals surface area contributed by atoms with Crippen molar-refractivity contribution in [3.05, 3.63) is 22.2 Å². The number of rotatable bonds is 4. The van der Waals surface area contributed by atoms with E-state index in [1.807, 2.05) is 26.0 Å². The molecule has 3 N–H and O–H groups in total. The third-order valence-corrected chi connectivity index (χ3v) is 3.11. The van der Waals surface area contributed by atoms with Gasteiger partial charge in [0.2, 0.25) is 5.91 Å². The van der Waals surface area contributed by atoms with Crippen LogP contribution in [0.5, 0.6) is 5.75 Å². The van der Waals surface area contributed by atoms with Crippen LogP contribution in [-0.4, -0.2) is 18.6 Å². The molecule has 100 valence electrons. The van der Waals surface area contributed by atoms with Gasteiger partial charge in [-0.05, 0) is 38.0 Å². The van der Waals surface area contributed by atoms with Crippen LogP contribution in [0.1, 0.15) is 26.3 Å². The molecule has 0 heterocycles. The van der Waals surface area contributed by atoms with Gasteiger partial charge >= 0.3 is 0 Å². The number of benzene rings is 1. The summed E-state index contributed by atoms with van der Waals surface area (Å²) in [6.07, 6.45) is 0.625. The van der Waals surface area contributed by atoms with Crippen molar-refractivity contribution in [2.45, 2.75) is 32.7 Å². The van der Waals surface area contributed by atoms with Crippen molar-refractivity contribution in [2.75, 3.05) is 12.4 Å². The average molecular weight is 315 g/mol. The number of carbonyl (C=O) groups is 1. The SMILES string of the molecule is COc1ccc(Br)c(CC(C)(C)N)c1NC(C)=O. The van der Waals surface area contributed by atoms with Gasteiger partial charge in [-0.25, -0.2) is 0 Å². The van der Waals surface area contributed by atoms with Gasteiger partial charge in [-0.3, -0.25) is 4.79 Å². The van der Waals surface area contributed by atoms with Gasteiger partial charge in [0.05, 0.1) is 12.8 Å². The van der Waals surface area contributed by atoms with E-state index < -0.39 is 0 Å². The highest BCUT2D eigenvalue weighted by molar-refractivity contribution is 9.10. The van der Waals surface area contributed by atoms with E-state index >= 15 is 0 Å². The highest BCUT2D eigenvalue weighted by Gasteiger charge is 2.20. The number of hydrogen-bond acceptors (Lipinski definition) is 3. The van der Waals surface area contributed by atoms with Crippen LogP contribution in [0.3, 0.4) is 0 Å². The van der Waals surface area contributed by atoms with E-state index in [0.29, 0.717) is 17.9 Å². The Hall–Kier alpha value is -1.07. The minimum absolute atomic E-state index is 0.137. The van der Waals surface area contributed by atoms with Gasteiger partial charge in [0.1, 0.15) is 5.75 Å². The lowest BCUT2D eigenvalue weighted by Crippen LogP contribution is -2.35. The maximum atomic E-state index is 11.3. The van der Waals surface area contributed by atoms with E-state index in [9.17, 15) is 4.79 Å². The van der Waals surface area contributed by atoms with Crippen LogP contribution in [0.4, 0.5) is 5.69 Å². The Kier molecular flexibility index (Phi) is 4.76. The van der Waals surface area contributed by atoms with Crippen molar-refractivity contribution in [1.29, 1.82) is 0 Å². The molecule has 0 radical (unpaired) electrons. The molecule has 0 saturated carbocycles. The fraction of sp³-hybridized carbons (Fsp3) is 0.462. The van der Waals surface area contributed by atoms with Gasteiger partial charge < -0.3 is 15.8 Å². The summed E-state index contributed by atoms with van der Waals surface area (Å²) in [5.74, 6) is 0.495. The fourth-order valence-electron chi connectivity index (χ4n) is 1.71. The molecule has 0 aliphatic carbocycles. The molecule has 1 aromatic rings. The van der Waals surface area contributed by atoms with Crippen LogP contribution in [-0.2, 0) is 11.2 Å². The average Bonchev–Trinajstić information content (AvgIpc) is 2.21. The fourth-order valence-corrected chi connectivity index (χ4v) is 2.18. The van der Waals surface area contributed by atoms with Crippen molar-refractivity contribution in [1.82, 2.24) is 0 Å². The molecule has 4 nitrogen and oxygen atoms in total. The van der Waals surface area contributed by atoms with Gasteiger partial charge in [0.15, 0.2) is 0 Å². The molecule has 0 bridgehead atoms. The van der Waals surface area contributed by atoms with E-state index in [4.69, 9.17) is 10.5 Å². The molecular weight excluding hydrogens is 296 g/mol. The minimum Gasteiger partial charge on any atom is -0.495 e. The van der Waals surface area contributed by atoms with Crippen LogP contribution in [0.15, 0.2) is 16.6 Å². The van der Waals surface area contributed by atoms with Gasteiger partial charge in [-0.1, -0.05) is 15.9 Å². The third kappa shape index (κ3) is 3.99. The Balaban J connectivity index is 3.31. The Morgan fingerprint density at radius 2 is 2.11 bits per heavy atom. The maximum Gasteiger partial charge on any atom is 0.221 e. The number of ether oxygens (including phenoxy) is 1. The monoisotopic (exact) mass is 314 g/mol. The number of anilines is 1. The van der Waals surface area contributed by atoms with Crippen LogP contribution in [0.2, 0.25) is 0 Å². The highest BCUT2D eigenvalue weighted by Crippen LogP contribution is 2.35. The maximum absolute atomic E-state index is 11.3. The van der Waals surface area contributed by atoms with E-state index in [1.54, 1.807) is 7.11 Å². The zero-order valence-corrected chi connectivity index (χ0v) is 12.7. The number of carbonyl (C=O) groups excluding carboxylic acids is 1.